The van der Waals surface area contributed by atoms with Crippen LogP contribution >= 0.6 is 0 Å². The number of hydrogen-bond acceptors (Lipinski definition) is 4. The molecule has 1 saturated heterocycles. The summed E-state index contributed by atoms with van der Waals surface area (Å²) in [6, 6.07) is 6.70. The zero-order valence-electron chi connectivity index (χ0n) is 10.9. The maximum Gasteiger partial charge on any atom is 0.332 e. The van der Waals surface area contributed by atoms with Gasteiger partial charge in [0.2, 0.25) is 0 Å². The number of benzene rings is 1. The molecule has 1 aromatic rings. The standard InChI is InChI=1S/C13H15NO5S/c1-20(18)9-4-2-3-8(7-9)14-12(15)10-5-6-11(19-10)13(16)17/h2-4,7,10-11H,5-6H2,1H3,(H,14,15)(H,16,17)/t10-,11+,20?/m0/s1. The Bertz CT molecular complexity index is 559. The molecule has 0 saturated carbocycles. The highest BCUT2D eigenvalue weighted by molar-refractivity contribution is 7.84. The van der Waals surface area contributed by atoms with Gasteiger partial charge in [-0.1, -0.05) is 6.07 Å². The van der Waals surface area contributed by atoms with Crippen LogP contribution in [0.4, 0.5) is 5.69 Å². The molecule has 0 radical (unpaired) electrons. The fourth-order valence-electron chi connectivity index (χ4n) is 1.99. The molecular formula is C13H15NO5S. The van der Waals surface area contributed by atoms with Gasteiger partial charge in [-0.25, -0.2) is 4.79 Å². The Kier molecular flexibility index (Phi) is 4.51. The highest BCUT2D eigenvalue weighted by atomic mass is 32.2. The van der Waals surface area contributed by atoms with Crippen molar-refractivity contribution in [2.45, 2.75) is 29.9 Å². The number of anilines is 1. The molecule has 0 spiro atoms. The molecule has 1 aromatic carbocycles. The highest BCUT2D eigenvalue weighted by Gasteiger charge is 2.34. The molecule has 20 heavy (non-hydrogen) atoms. The van der Waals surface area contributed by atoms with Crippen LogP contribution in [0.2, 0.25) is 0 Å². The van der Waals surface area contributed by atoms with Gasteiger partial charge in [0, 0.05) is 27.6 Å². The van der Waals surface area contributed by atoms with Gasteiger partial charge in [0.05, 0.1) is 0 Å². The van der Waals surface area contributed by atoms with Crippen LogP contribution in [0.25, 0.3) is 0 Å². The summed E-state index contributed by atoms with van der Waals surface area (Å²) >= 11 is 0. The van der Waals surface area contributed by atoms with Gasteiger partial charge in [0.25, 0.3) is 5.91 Å². The van der Waals surface area contributed by atoms with E-state index in [9.17, 15) is 13.8 Å². The fourth-order valence-corrected chi connectivity index (χ4v) is 2.55. The van der Waals surface area contributed by atoms with E-state index >= 15 is 0 Å². The predicted molar refractivity (Wildman–Crippen MR) is 72.9 cm³/mol. The van der Waals surface area contributed by atoms with E-state index in [1.165, 1.54) is 0 Å². The number of nitrogens with one attached hydrogen (secondary N) is 1. The molecule has 108 valence electrons. The number of carbonyl (C=O) groups is 2. The average Bonchev–Trinajstić information content (AvgIpc) is 2.88. The van der Waals surface area contributed by atoms with Crippen molar-refractivity contribution >= 4 is 28.4 Å². The minimum absolute atomic E-state index is 0.326. The Morgan fingerprint density at radius 2 is 2.05 bits per heavy atom. The second kappa shape index (κ2) is 6.15. The lowest BCUT2D eigenvalue weighted by Gasteiger charge is -2.12. The van der Waals surface area contributed by atoms with Crippen molar-refractivity contribution in [1.29, 1.82) is 0 Å². The summed E-state index contributed by atoms with van der Waals surface area (Å²) in [4.78, 5) is 23.3. The molecule has 1 amide bonds. The SMILES string of the molecule is CS(=O)c1cccc(NC(=O)[C@@H]2CC[C@H](C(=O)O)O2)c1. The summed E-state index contributed by atoms with van der Waals surface area (Å²) in [6.07, 6.45) is 0.583. The lowest BCUT2D eigenvalue weighted by molar-refractivity contribution is -0.150. The van der Waals surface area contributed by atoms with Gasteiger partial charge in [0.1, 0.15) is 6.10 Å². The monoisotopic (exact) mass is 297 g/mol. The van der Waals surface area contributed by atoms with E-state index in [1.54, 1.807) is 30.5 Å². The van der Waals surface area contributed by atoms with Gasteiger partial charge in [0.15, 0.2) is 6.10 Å². The molecule has 0 bridgehead atoms. The van der Waals surface area contributed by atoms with Crippen LogP contribution in [0.5, 0.6) is 0 Å². The number of carboxylic acids is 1. The number of aliphatic carboxylic acids is 1. The van der Waals surface area contributed by atoms with Gasteiger partial charge >= 0.3 is 5.97 Å². The average molecular weight is 297 g/mol. The van der Waals surface area contributed by atoms with Crippen LogP contribution in [0.3, 0.4) is 0 Å². The zero-order valence-corrected chi connectivity index (χ0v) is 11.7. The van der Waals surface area contributed by atoms with E-state index in [4.69, 9.17) is 9.84 Å². The normalized spacial score (nSPS) is 23.2. The number of ether oxygens (including phenoxy) is 1. The van der Waals surface area contributed by atoms with Crippen LogP contribution in [-0.2, 0) is 25.1 Å². The Morgan fingerprint density at radius 3 is 2.65 bits per heavy atom. The molecule has 6 nitrogen and oxygen atoms in total. The van der Waals surface area contributed by atoms with Crippen molar-refractivity contribution in [1.82, 2.24) is 0 Å². The maximum absolute atomic E-state index is 12.0. The fraction of sp³-hybridized carbons (Fsp3) is 0.385. The molecule has 1 fully saturated rings. The minimum Gasteiger partial charge on any atom is -0.479 e. The second-order valence-corrected chi connectivity index (χ2v) is 5.88. The number of rotatable bonds is 4. The Morgan fingerprint density at radius 1 is 1.35 bits per heavy atom. The van der Waals surface area contributed by atoms with E-state index < -0.39 is 29.0 Å². The number of carboxylic acid groups (broad SMARTS) is 1. The largest absolute Gasteiger partial charge is 0.479 e. The number of hydrogen-bond donors (Lipinski definition) is 2. The van der Waals surface area contributed by atoms with Crippen molar-refractivity contribution in [3.63, 3.8) is 0 Å². The van der Waals surface area contributed by atoms with Crippen LogP contribution in [0.1, 0.15) is 12.8 Å². The zero-order chi connectivity index (χ0) is 14.7. The van der Waals surface area contributed by atoms with E-state index in [0.717, 1.165) is 0 Å². The molecule has 0 aromatic heterocycles. The molecule has 1 heterocycles. The third-order valence-corrected chi connectivity index (χ3v) is 3.94. The predicted octanol–water partition coefficient (Wildman–Crippen LogP) is 0.995. The second-order valence-electron chi connectivity index (χ2n) is 4.50. The van der Waals surface area contributed by atoms with Crippen LogP contribution in [0.15, 0.2) is 29.2 Å². The number of amides is 1. The van der Waals surface area contributed by atoms with Crippen molar-refractivity contribution in [2.24, 2.45) is 0 Å². The smallest absolute Gasteiger partial charge is 0.332 e. The quantitative estimate of drug-likeness (QED) is 0.864. The number of carbonyl (C=O) groups excluding carboxylic acids is 1. The summed E-state index contributed by atoms with van der Waals surface area (Å²) in [5.41, 5.74) is 0.519. The highest BCUT2D eigenvalue weighted by Crippen LogP contribution is 2.22. The Hall–Kier alpha value is -1.73. The van der Waals surface area contributed by atoms with Gasteiger partial charge in [-0.05, 0) is 31.0 Å². The van der Waals surface area contributed by atoms with Crippen LogP contribution in [0, 0.1) is 0 Å². The maximum atomic E-state index is 12.0. The molecule has 1 aliphatic heterocycles. The van der Waals surface area contributed by atoms with Crippen molar-refractivity contribution in [3.05, 3.63) is 24.3 Å². The lowest BCUT2D eigenvalue weighted by Crippen LogP contribution is -2.29. The van der Waals surface area contributed by atoms with Crippen LogP contribution in [-0.4, -0.2) is 39.7 Å². The van der Waals surface area contributed by atoms with Gasteiger partial charge in [-0.2, -0.15) is 0 Å². The molecule has 1 unspecified atom stereocenters. The summed E-state index contributed by atoms with van der Waals surface area (Å²) in [5.74, 6) is -1.43. The molecule has 2 N–H and O–H groups in total. The summed E-state index contributed by atoms with van der Waals surface area (Å²) in [6.45, 7) is 0. The van der Waals surface area contributed by atoms with Crippen LogP contribution < -0.4 is 5.32 Å². The van der Waals surface area contributed by atoms with Crippen molar-refractivity contribution < 1.29 is 23.6 Å². The summed E-state index contributed by atoms with van der Waals surface area (Å²) in [5, 5.41) is 11.5. The van der Waals surface area contributed by atoms with Crippen molar-refractivity contribution in [2.75, 3.05) is 11.6 Å². The van der Waals surface area contributed by atoms with Crippen molar-refractivity contribution in [3.8, 4) is 0 Å². The third kappa shape index (κ3) is 3.43. The van der Waals surface area contributed by atoms with E-state index in [2.05, 4.69) is 5.32 Å². The lowest BCUT2D eigenvalue weighted by atomic mass is 10.2. The summed E-state index contributed by atoms with van der Waals surface area (Å²) < 4.78 is 16.5. The molecule has 2 rings (SSSR count). The molecular weight excluding hydrogens is 282 g/mol. The van der Waals surface area contributed by atoms with Gasteiger partial charge in [-0.15, -0.1) is 0 Å². The molecule has 7 heteroatoms. The van der Waals surface area contributed by atoms with Gasteiger partial charge < -0.3 is 15.2 Å². The first-order chi connectivity index (χ1) is 9.47. The van der Waals surface area contributed by atoms with E-state index in [0.29, 0.717) is 23.4 Å². The Labute approximate surface area is 118 Å². The van der Waals surface area contributed by atoms with Gasteiger partial charge in [-0.3, -0.25) is 9.00 Å². The first-order valence-corrected chi connectivity index (χ1v) is 7.66. The third-order valence-electron chi connectivity index (χ3n) is 3.02. The first kappa shape index (κ1) is 14.7. The molecule has 1 aliphatic rings. The Balaban J connectivity index is 2.00. The van der Waals surface area contributed by atoms with E-state index in [1.807, 2.05) is 0 Å². The van der Waals surface area contributed by atoms with E-state index in [-0.39, 0.29) is 5.91 Å². The first-order valence-electron chi connectivity index (χ1n) is 6.10. The molecule has 0 aliphatic carbocycles. The summed E-state index contributed by atoms with van der Waals surface area (Å²) in [7, 11) is -1.13. The topological polar surface area (TPSA) is 92.7 Å². The minimum atomic E-state index is -1.13. The molecule has 3 atom stereocenters.